The standard InChI is InChI=1S/C35H52O4Si2/c1-34(2,3)40(7,8)39-30(24-25-36)26-31(37-27-29-18-12-9-13-19-29)28-38-41(35(4,5)6,32-20-14-10-15-21-32)33-22-16-11-17-23-33/h9-23,30-31,36H,24-28H2,1-8H3/t30-,31+/m0/s1. The first kappa shape index (κ1) is 33.4. The Bertz CT molecular complexity index is 1120. The van der Waals surface area contributed by atoms with Gasteiger partial charge in [0.2, 0.25) is 0 Å². The Morgan fingerprint density at radius 2 is 1.17 bits per heavy atom. The van der Waals surface area contributed by atoms with Gasteiger partial charge in [0.25, 0.3) is 8.32 Å². The van der Waals surface area contributed by atoms with E-state index in [2.05, 4.69) is 127 Å². The number of hydrogen-bond donors (Lipinski definition) is 1. The monoisotopic (exact) mass is 592 g/mol. The molecule has 41 heavy (non-hydrogen) atoms. The van der Waals surface area contributed by atoms with Crippen LogP contribution >= 0.6 is 0 Å². The van der Waals surface area contributed by atoms with Crippen molar-refractivity contribution < 1.29 is 18.7 Å². The van der Waals surface area contributed by atoms with Crippen LogP contribution in [0.5, 0.6) is 0 Å². The number of aliphatic hydroxyl groups excluding tert-OH is 1. The van der Waals surface area contributed by atoms with Crippen molar-refractivity contribution in [3.63, 3.8) is 0 Å². The van der Waals surface area contributed by atoms with Crippen molar-refractivity contribution in [3.05, 3.63) is 96.6 Å². The highest BCUT2D eigenvalue weighted by molar-refractivity contribution is 6.99. The molecular formula is C35H52O4Si2. The molecule has 4 nitrogen and oxygen atoms in total. The van der Waals surface area contributed by atoms with Gasteiger partial charge in [-0.3, -0.25) is 0 Å². The molecule has 0 aliphatic carbocycles. The van der Waals surface area contributed by atoms with Crippen molar-refractivity contribution in [2.45, 2.75) is 96.4 Å². The molecule has 6 heteroatoms. The van der Waals surface area contributed by atoms with Crippen LogP contribution < -0.4 is 10.4 Å². The molecular weight excluding hydrogens is 541 g/mol. The van der Waals surface area contributed by atoms with Gasteiger partial charge in [-0.25, -0.2) is 0 Å². The summed E-state index contributed by atoms with van der Waals surface area (Å²) in [5.74, 6) is 0. The lowest BCUT2D eigenvalue weighted by Crippen LogP contribution is -2.67. The molecule has 0 aliphatic rings. The fraction of sp³-hybridized carbons (Fsp3) is 0.486. The van der Waals surface area contributed by atoms with Crippen LogP contribution in [0.25, 0.3) is 0 Å². The predicted octanol–water partition coefficient (Wildman–Crippen LogP) is 7.31. The van der Waals surface area contributed by atoms with E-state index in [1.54, 1.807) is 0 Å². The topological polar surface area (TPSA) is 47.9 Å². The quantitative estimate of drug-likeness (QED) is 0.199. The average molecular weight is 593 g/mol. The summed E-state index contributed by atoms with van der Waals surface area (Å²) in [5, 5.41) is 12.5. The van der Waals surface area contributed by atoms with Crippen molar-refractivity contribution in [1.82, 2.24) is 0 Å². The summed E-state index contributed by atoms with van der Waals surface area (Å²) in [4.78, 5) is 0. The zero-order valence-electron chi connectivity index (χ0n) is 26.5. The lowest BCUT2D eigenvalue weighted by atomic mass is 10.1. The lowest BCUT2D eigenvalue weighted by Gasteiger charge is -2.44. The largest absolute Gasteiger partial charge is 0.414 e. The first-order valence-electron chi connectivity index (χ1n) is 15.0. The van der Waals surface area contributed by atoms with E-state index in [1.807, 2.05) is 18.2 Å². The minimum atomic E-state index is -2.73. The SMILES string of the molecule is CC(C)(C)[Si](C)(C)O[C@@H](CCO)C[C@H](CO[Si](c1ccccc1)(c1ccccc1)C(C)(C)C)OCc1ccccc1. The van der Waals surface area contributed by atoms with Crippen LogP contribution in [0, 0.1) is 0 Å². The van der Waals surface area contributed by atoms with Crippen LogP contribution in [0.3, 0.4) is 0 Å². The van der Waals surface area contributed by atoms with Crippen molar-refractivity contribution in [1.29, 1.82) is 0 Å². The van der Waals surface area contributed by atoms with Crippen molar-refractivity contribution in [3.8, 4) is 0 Å². The smallest absolute Gasteiger partial charge is 0.261 e. The number of aliphatic hydroxyl groups is 1. The maximum absolute atomic E-state index is 9.99. The van der Waals surface area contributed by atoms with Crippen molar-refractivity contribution >= 4 is 27.0 Å². The molecule has 0 unspecified atom stereocenters. The Hall–Kier alpha value is -2.07. The Balaban J connectivity index is 1.97. The number of rotatable bonds is 14. The predicted molar refractivity (Wildman–Crippen MR) is 177 cm³/mol. The fourth-order valence-corrected chi connectivity index (χ4v) is 11.2. The van der Waals surface area contributed by atoms with E-state index in [0.717, 1.165) is 5.56 Å². The highest BCUT2D eigenvalue weighted by Gasteiger charge is 2.50. The fourth-order valence-electron chi connectivity index (χ4n) is 5.21. The molecule has 0 amide bonds. The van der Waals surface area contributed by atoms with Gasteiger partial charge in [-0.05, 0) is 45.5 Å². The van der Waals surface area contributed by atoms with Crippen LogP contribution in [-0.2, 0) is 20.2 Å². The summed E-state index contributed by atoms with van der Waals surface area (Å²) in [6.45, 7) is 19.2. The van der Waals surface area contributed by atoms with E-state index in [0.29, 0.717) is 26.1 Å². The molecule has 0 spiro atoms. The van der Waals surface area contributed by atoms with Crippen LogP contribution in [-0.4, -0.2) is 47.2 Å². The maximum Gasteiger partial charge on any atom is 0.261 e. The molecule has 0 fully saturated rings. The zero-order valence-corrected chi connectivity index (χ0v) is 28.5. The van der Waals surface area contributed by atoms with Crippen molar-refractivity contribution in [2.75, 3.05) is 13.2 Å². The molecule has 2 atom stereocenters. The first-order valence-corrected chi connectivity index (χ1v) is 19.8. The Morgan fingerprint density at radius 1 is 0.683 bits per heavy atom. The molecule has 3 aromatic rings. The van der Waals surface area contributed by atoms with Gasteiger partial charge in [-0.2, -0.15) is 0 Å². The number of benzene rings is 3. The molecule has 0 aromatic heterocycles. The van der Waals surface area contributed by atoms with Gasteiger partial charge in [0, 0.05) is 19.1 Å². The van der Waals surface area contributed by atoms with Crippen LogP contribution in [0.2, 0.25) is 23.2 Å². The molecule has 0 bridgehead atoms. The number of ether oxygens (including phenoxy) is 1. The molecule has 0 aliphatic heterocycles. The van der Waals surface area contributed by atoms with Gasteiger partial charge in [0.05, 0.1) is 19.3 Å². The van der Waals surface area contributed by atoms with Gasteiger partial charge in [-0.15, -0.1) is 0 Å². The van der Waals surface area contributed by atoms with Crippen molar-refractivity contribution in [2.24, 2.45) is 0 Å². The van der Waals surface area contributed by atoms with Gasteiger partial charge in [0.15, 0.2) is 8.32 Å². The zero-order chi connectivity index (χ0) is 30.2. The Labute approximate surface area is 251 Å². The van der Waals surface area contributed by atoms with E-state index >= 15 is 0 Å². The summed E-state index contributed by atoms with van der Waals surface area (Å²) in [7, 11) is -4.78. The minimum Gasteiger partial charge on any atom is -0.414 e. The lowest BCUT2D eigenvalue weighted by molar-refractivity contribution is -0.0233. The third-order valence-electron chi connectivity index (χ3n) is 8.48. The molecule has 3 rings (SSSR count). The highest BCUT2D eigenvalue weighted by Crippen LogP contribution is 2.39. The highest BCUT2D eigenvalue weighted by atomic mass is 28.4. The second-order valence-electron chi connectivity index (χ2n) is 13.6. The molecule has 0 radical (unpaired) electrons. The molecule has 0 saturated heterocycles. The third kappa shape index (κ3) is 8.72. The Kier molecular flexibility index (Phi) is 11.7. The molecule has 0 saturated carbocycles. The first-order chi connectivity index (χ1) is 19.3. The van der Waals surface area contributed by atoms with Crippen LogP contribution in [0.4, 0.5) is 0 Å². The molecule has 3 aromatic carbocycles. The summed E-state index contributed by atoms with van der Waals surface area (Å²) in [5.41, 5.74) is 1.13. The van der Waals surface area contributed by atoms with Gasteiger partial charge in [0.1, 0.15) is 0 Å². The average Bonchev–Trinajstić information content (AvgIpc) is 2.92. The molecule has 1 N–H and O–H groups in total. The maximum atomic E-state index is 9.99. The summed E-state index contributed by atoms with van der Waals surface area (Å²) in [6.07, 6.45) is 0.942. The third-order valence-corrected chi connectivity index (χ3v) is 18.0. The second-order valence-corrected chi connectivity index (χ2v) is 22.7. The van der Waals surface area contributed by atoms with Crippen LogP contribution in [0.15, 0.2) is 91.0 Å². The van der Waals surface area contributed by atoms with Gasteiger partial charge >= 0.3 is 0 Å². The summed E-state index contributed by atoms with van der Waals surface area (Å²) in [6, 6.07) is 31.8. The van der Waals surface area contributed by atoms with E-state index in [-0.39, 0.29) is 28.9 Å². The Morgan fingerprint density at radius 3 is 1.61 bits per heavy atom. The van der Waals surface area contributed by atoms with E-state index in [9.17, 15) is 5.11 Å². The van der Waals surface area contributed by atoms with E-state index in [4.69, 9.17) is 13.6 Å². The molecule has 0 heterocycles. The number of hydrogen-bond acceptors (Lipinski definition) is 4. The van der Waals surface area contributed by atoms with Gasteiger partial charge < -0.3 is 18.7 Å². The van der Waals surface area contributed by atoms with Gasteiger partial charge in [-0.1, -0.05) is 133 Å². The van der Waals surface area contributed by atoms with Crippen LogP contribution in [0.1, 0.15) is 59.9 Å². The second kappa shape index (κ2) is 14.4. The summed E-state index contributed by atoms with van der Waals surface area (Å²) < 4.78 is 20.8. The van der Waals surface area contributed by atoms with E-state index < -0.39 is 16.6 Å². The van der Waals surface area contributed by atoms with E-state index in [1.165, 1.54) is 10.4 Å². The molecule has 224 valence electrons. The minimum absolute atomic E-state index is 0.0759. The summed E-state index contributed by atoms with van der Waals surface area (Å²) >= 11 is 0. The normalized spacial score (nSPS) is 14.6.